The van der Waals surface area contributed by atoms with Crippen LogP contribution in [-0.2, 0) is 4.74 Å². The molecule has 0 N–H and O–H groups in total. The number of ether oxygens (including phenoxy) is 1. The van der Waals surface area contributed by atoms with Gasteiger partial charge in [0, 0.05) is 29.2 Å². The predicted molar refractivity (Wildman–Crippen MR) is 106 cm³/mol. The lowest BCUT2D eigenvalue weighted by molar-refractivity contribution is 0.122. The summed E-state index contributed by atoms with van der Waals surface area (Å²) in [4.78, 5) is 15.8. The topological polar surface area (TPSA) is 51.1 Å². The maximum absolute atomic E-state index is 6.14. The van der Waals surface area contributed by atoms with Gasteiger partial charge >= 0.3 is 0 Å². The molecular weight excluding hydrogens is 360 g/mol. The molecule has 0 aliphatic carbocycles. The third-order valence-corrected chi connectivity index (χ3v) is 4.33. The first-order chi connectivity index (χ1) is 13.3. The van der Waals surface area contributed by atoms with Crippen LogP contribution in [0.25, 0.3) is 11.4 Å². The van der Waals surface area contributed by atoms with E-state index in [1.165, 1.54) is 0 Å². The SMILES string of the molecule is Clc1cccc(-c2nc(C#Cc3ccccc3)nc(N3CCOCC3)n2)c1. The second-order valence-corrected chi connectivity index (χ2v) is 6.44. The van der Waals surface area contributed by atoms with Gasteiger partial charge in [-0.25, -0.2) is 4.98 Å². The second kappa shape index (κ2) is 8.17. The highest BCUT2D eigenvalue weighted by molar-refractivity contribution is 6.30. The number of aromatic nitrogens is 3. The highest BCUT2D eigenvalue weighted by Crippen LogP contribution is 2.21. The number of benzene rings is 2. The summed E-state index contributed by atoms with van der Waals surface area (Å²) >= 11 is 6.14. The molecular formula is C21H17ClN4O. The van der Waals surface area contributed by atoms with Crippen molar-refractivity contribution in [3.63, 3.8) is 0 Å². The minimum atomic E-state index is 0.435. The molecule has 0 bridgehead atoms. The molecule has 0 spiro atoms. The molecule has 1 aliphatic rings. The summed E-state index contributed by atoms with van der Waals surface area (Å²) < 4.78 is 5.43. The monoisotopic (exact) mass is 376 g/mol. The third-order valence-electron chi connectivity index (χ3n) is 4.09. The number of rotatable bonds is 2. The van der Waals surface area contributed by atoms with Gasteiger partial charge in [-0.3, -0.25) is 0 Å². The summed E-state index contributed by atoms with van der Waals surface area (Å²) in [5, 5.41) is 0.637. The molecule has 2 heterocycles. The van der Waals surface area contributed by atoms with Gasteiger partial charge < -0.3 is 9.64 Å². The molecule has 0 amide bonds. The van der Waals surface area contributed by atoms with Crippen molar-refractivity contribution in [2.45, 2.75) is 0 Å². The van der Waals surface area contributed by atoms with E-state index in [2.05, 4.69) is 31.7 Å². The van der Waals surface area contributed by atoms with Crippen LogP contribution >= 0.6 is 11.6 Å². The zero-order valence-electron chi connectivity index (χ0n) is 14.6. The van der Waals surface area contributed by atoms with Crippen molar-refractivity contribution in [2.75, 3.05) is 31.2 Å². The van der Waals surface area contributed by atoms with Crippen LogP contribution in [-0.4, -0.2) is 41.3 Å². The van der Waals surface area contributed by atoms with Gasteiger partial charge in [-0.15, -0.1) is 0 Å². The van der Waals surface area contributed by atoms with Gasteiger partial charge in [0.1, 0.15) is 0 Å². The first-order valence-corrected chi connectivity index (χ1v) is 9.07. The molecule has 4 rings (SSSR count). The fourth-order valence-corrected chi connectivity index (χ4v) is 2.92. The molecule has 134 valence electrons. The zero-order valence-corrected chi connectivity index (χ0v) is 15.4. The molecule has 0 radical (unpaired) electrons. The standard InChI is InChI=1S/C21H17ClN4O/c22-18-8-4-7-17(15-18)20-23-19(10-9-16-5-2-1-3-6-16)24-21(25-20)26-11-13-27-14-12-26/h1-8,15H,11-14H2. The number of hydrogen-bond acceptors (Lipinski definition) is 5. The van der Waals surface area contributed by atoms with Crippen molar-refractivity contribution in [1.82, 2.24) is 15.0 Å². The van der Waals surface area contributed by atoms with Crippen molar-refractivity contribution in [2.24, 2.45) is 0 Å². The van der Waals surface area contributed by atoms with Crippen molar-refractivity contribution in [1.29, 1.82) is 0 Å². The summed E-state index contributed by atoms with van der Waals surface area (Å²) in [5.41, 5.74) is 1.75. The summed E-state index contributed by atoms with van der Waals surface area (Å²) in [6.07, 6.45) is 0. The van der Waals surface area contributed by atoms with Crippen LogP contribution < -0.4 is 4.90 Å². The Bertz CT molecular complexity index is 992. The van der Waals surface area contributed by atoms with E-state index in [-0.39, 0.29) is 0 Å². The van der Waals surface area contributed by atoms with Gasteiger partial charge in [-0.2, -0.15) is 9.97 Å². The van der Waals surface area contributed by atoms with Gasteiger partial charge in [0.2, 0.25) is 11.8 Å². The molecule has 3 aromatic rings. The normalized spacial score (nSPS) is 13.7. The van der Waals surface area contributed by atoms with Gasteiger partial charge in [0.15, 0.2) is 5.82 Å². The van der Waals surface area contributed by atoms with Gasteiger partial charge in [0.05, 0.1) is 13.2 Å². The van der Waals surface area contributed by atoms with Crippen molar-refractivity contribution in [3.8, 4) is 23.2 Å². The van der Waals surface area contributed by atoms with E-state index in [0.29, 0.717) is 35.8 Å². The Morgan fingerprint density at radius 1 is 0.889 bits per heavy atom. The molecule has 0 atom stereocenters. The molecule has 1 fully saturated rings. The summed E-state index contributed by atoms with van der Waals surface area (Å²) in [6.45, 7) is 2.79. The maximum Gasteiger partial charge on any atom is 0.230 e. The molecule has 1 saturated heterocycles. The average molecular weight is 377 g/mol. The first kappa shape index (κ1) is 17.5. The van der Waals surface area contributed by atoms with E-state index < -0.39 is 0 Å². The molecule has 0 saturated carbocycles. The number of halogens is 1. The van der Waals surface area contributed by atoms with Gasteiger partial charge in [-0.05, 0) is 30.2 Å². The smallest absolute Gasteiger partial charge is 0.230 e. The van der Waals surface area contributed by atoms with E-state index in [1.54, 1.807) is 0 Å². The Morgan fingerprint density at radius 3 is 2.48 bits per heavy atom. The number of anilines is 1. The van der Waals surface area contributed by atoms with E-state index in [4.69, 9.17) is 16.3 Å². The number of morpholine rings is 1. The lowest BCUT2D eigenvalue weighted by atomic mass is 10.2. The van der Waals surface area contributed by atoms with E-state index >= 15 is 0 Å². The third kappa shape index (κ3) is 4.43. The minimum absolute atomic E-state index is 0.435. The van der Waals surface area contributed by atoms with Crippen molar-refractivity contribution in [3.05, 3.63) is 71.0 Å². The van der Waals surface area contributed by atoms with Crippen LogP contribution in [0.1, 0.15) is 11.4 Å². The molecule has 2 aromatic carbocycles. The van der Waals surface area contributed by atoms with E-state index in [0.717, 1.165) is 24.2 Å². The van der Waals surface area contributed by atoms with Crippen LogP contribution in [0.15, 0.2) is 54.6 Å². The van der Waals surface area contributed by atoms with Crippen LogP contribution in [0.4, 0.5) is 5.95 Å². The Hall–Kier alpha value is -2.94. The number of nitrogens with zero attached hydrogens (tertiary/aromatic N) is 4. The Labute approximate surface area is 163 Å². The fraction of sp³-hybridized carbons (Fsp3) is 0.190. The zero-order chi connectivity index (χ0) is 18.5. The van der Waals surface area contributed by atoms with Crippen LogP contribution in [0.5, 0.6) is 0 Å². The lowest BCUT2D eigenvalue weighted by Gasteiger charge is -2.26. The Kier molecular flexibility index (Phi) is 5.29. The molecule has 6 heteroatoms. The average Bonchev–Trinajstić information content (AvgIpc) is 2.73. The number of hydrogen-bond donors (Lipinski definition) is 0. The van der Waals surface area contributed by atoms with Crippen LogP contribution in [0, 0.1) is 11.8 Å². The Balaban J connectivity index is 1.75. The molecule has 0 unspecified atom stereocenters. The Morgan fingerprint density at radius 2 is 1.70 bits per heavy atom. The highest BCUT2D eigenvalue weighted by atomic mass is 35.5. The summed E-state index contributed by atoms with van der Waals surface area (Å²) in [7, 11) is 0. The molecule has 1 aromatic heterocycles. The van der Waals surface area contributed by atoms with Crippen LogP contribution in [0.3, 0.4) is 0 Å². The fourth-order valence-electron chi connectivity index (χ4n) is 2.73. The largest absolute Gasteiger partial charge is 0.378 e. The molecule has 1 aliphatic heterocycles. The first-order valence-electron chi connectivity index (χ1n) is 8.70. The van der Waals surface area contributed by atoms with Crippen LogP contribution in [0.2, 0.25) is 5.02 Å². The minimum Gasteiger partial charge on any atom is -0.378 e. The summed E-state index contributed by atoms with van der Waals surface area (Å²) in [6, 6.07) is 17.2. The van der Waals surface area contributed by atoms with E-state index in [1.807, 2.05) is 54.6 Å². The van der Waals surface area contributed by atoms with Gasteiger partial charge in [-0.1, -0.05) is 47.9 Å². The molecule has 5 nitrogen and oxygen atoms in total. The predicted octanol–water partition coefficient (Wildman–Crippen LogP) is 3.43. The van der Waals surface area contributed by atoms with Crippen molar-refractivity contribution < 1.29 is 4.74 Å². The van der Waals surface area contributed by atoms with Crippen molar-refractivity contribution >= 4 is 17.5 Å². The lowest BCUT2D eigenvalue weighted by Crippen LogP contribution is -2.37. The van der Waals surface area contributed by atoms with Gasteiger partial charge in [0.25, 0.3) is 0 Å². The summed E-state index contributed by atoms with van der Waals surface area (Å²) in [5.74, 6) is 7.78. The molecule has 27 heavy (non-hydrogen) atoms. The second-order valence-electron chi connectivity index (χ2n) is 6.01. The highest BCUT2D eigenvalue weighted by Gasteiger charge is 2.17. The quantitative estimate of drug-likeness (QED) is 0.641. The van der Waals surface area contributed by atoms with E-state index in [9.17, 15) is 0 Å². The maximum atomic E-state index is 6.14.